The van der Waals surface area contributed by atoms with Crippen molar-refractivity contribution in [2.24, 2.45) is 0 Å². The first-order chi connectivity index (χ1) is 13.5. The van der Waals surface area contributed by atoms with E-state index in [4.69, 9.17) is 4.74 Å². The number of carbonyl (C=O) groups is 2. The molecular weight excluding hydrogens is 424 g/mol. The zero-order valence-corrected chi connectivity index (χ0v) is 16.7. The van der Waals surface area contributed by atoms with Gasteiger partial charge in [-0.05, 0) is 64.0 Å². The molecule has 0 heterocycles. The molecule has 0 fully saturated rings. The van der Waals surface area contributed by atoms with Crippen LogP contribution in [0.15, 0.2) is 65.2 Å². The van der Waals surface area contributed by atoms with Crippen LogP contribution in [0.2, 0.25) is 0 Å². The summed E-state index contributed by atoms with van der Waals surface area (Å²) in [4.78, 5) is 23.8. The molecule has 0 spiro atoms. The molecule has 0 aliphatic carbocycles. The van der Waals surface area contributed by atoms with E-state index in [0.717, 1.165) is 0 Å². The molecule has 1 N–H and O–H groups in total. The summed E-state index contributed by atoms with van der Waals surface area (Å²) in [5.74, 6) is -0.399. The summed E-state index contributed by atoms with van der Waals surface area (Å²) >= 11 is 3.39. The van der Waals surface area contributed by atoms with E-state index in [-0.39, 0.29) is 5.57 Å². The molecule has 0 unspecified atom stereocenters. The van der Waals surface area contributed by atoms with E-state index < -0.39 is 11.9 Å². The lowest BCUT2D eigenvalue weighted by atomic mass is 10.1. The maximum atomic E-state index is 12.4. The van der Waals surface area contributed by atoms with Crippen molar-refractivity contribution in [3.8, 4) is 11.8 Å². The quantitative estimate of drug-likeness (QED) is 0.299. The second kappa shape index (κ2) is 10.1. The maximum Gasteiger partial charge on any atom is 0.337 e. The minimum absolute atomic E-state index is 0.0660. The Morgan fingerprint density at radius 1 is 1.25 bits per heavy atom. The van der Waals surface area contributed by atoms with Crippen molar-refractivity contribution in [2.45, 2.75) is 0 Å². The summed E-state index contributed by atoms with van der Waals surface area (Å²) in [5, 5.41) is 12.0. The van der Waals surface area contributed by atoms with Crippen LogP contribution in [0.25, 0.3) is 6.08 Å². The normalized spacial score (nSPS) is 10.5. The third-order valence-corrected chi connectivity index (χ3v) is 4.17. The highest BCUT2D eigenvalue weighted by molar-refractivity contribution is 9.10. The minimum Gasteiger partial charge on any atom is -0.488 e. The Bertz CT molecular complexity index is 959. The highest BCUT2D eigenvalue weighted by atomic mass is 79.9. The summed E-state index contributed by atoms with van der Waals surface area (Å²) in [7, 11) is 1.29. The summed E-state index contributed by atoms with van der Waals surface area (Å²) in [6.45, 7) is 3.96. The average Bonchev–Trinajstić information content (AvgIpc) is 2.71. The van der Waals surface area contributed by atoms with E-state index in [0.29, 0.717) is 33.6 Å². The van der Waals surface area contributed by atoms with Crippen LogP contribution in [-0.4, -0.2) is 25.6 Å². The van der Waals surface area contributed by atoms with Crippen molar-refractivity contribution in [1.29, 1.82) is 5.26 Å². The van der Waals surface area contributed by atoms with Crippen LogP contribution in [0.1, 0.15) is 15.9 Å². The fourth-order valence-electron chi connectivity index (χ4n) is 2.19. The van der Waals surface area contributed by atoms with Gasteiger partial charge in [-0.1, -0.05) is 18.7 Å². The van der Waals surface area contributed by atoms with Crippen LogP contribution in [0, 0.1) is 11.3 Å². The number of esters is 1. The lowest BCUT2D eigenvalue weighted by molar-refractivity contribution is -0.112. The van der Waals surface area contributed by atoms with E-state index in [1.54, 1.807) is 36.4 Å². The number of nitrogens with one attached hydrogen (secondary N) is 1. The van der Waals surface area contributed by atoms with Crippen LogP contribution < -0.4 is 10.1 Å². The number of halogens is 1. The van der Waals surface area contributed by atoms with E-state index in [1.807, 2.05) is 6.07 Å². The molecule has 0 aliphatic heterocycles. The molecule has 28 heavy (non-hydrogen) atoms. The highest BCUT2D eigenvalue weighted by Crippen LogP contribution is 2.27. The minimum atomic E-state index is -0.559. The van der Waals surface area contributed by atoms with Gasteiger partial charge in [0.05, 0.1) is 17.1 Å². The van der Waals surface area contributed by atoms with E-state index >= 15 is 0 Å². The number of hydrogen-bond donors (Lipinski definition) is 1. The van der Waals surface area contributed by atoms with Crippen molar-refractivity contribution in [2.75, 3.05) is 19.0 Å². The number of ether oxygens (including phenoxy) is 2. The largest absolute Gasteiger partial charge is 0.488 e. The van der Waals surface area contributed by atoms with Gasteiger partial charge in [-0.2, -0.15) is 5.26 Å². The van der Waals surface area contributed by atoms with Crippen LogP contribution in [0.4, 0.5) is 5.69 Å². The van der Waals surface area contributed by atoms with Gasteiger partial charge in [-0.3, -0.25) is 4.79 Å². The Balaban J connectivity index is 2.14. The Morgan fingerprint density at radius 2 is 1.96 bits per heavy atom. The molecule has 6 nitrogen and oxygen atoms in total. The number of hydrogen-bond acceptors (Lipinski definition) is 5. The van der Waals surface area contributed by atoms with Gasteiger partial charge in [-0.15, -0.1) is 0 Å². The van der Waals surface area contributed by atoms with E-state index in [1.165, 1.54) is 25.3 Å². The van der Waals surface area contributed by atoms with Gasteiger partial charge in [0.15, 0.2) is 0 Å². The van der Waals surface area contributed by atoms with Gasteiger partial charge >= 0.3 is 5.97 Å². The van der Waals surface area contributed by atoms with Crippen molar-refractivity contribution >= 4 is 39.6 Å². The zero-order valence-electron chi connectivity index (χ0n) is 15.1. The zero-order chi connectivity index (χ0) is 20.5. The maximum absolute atomic E-state index is 12.4. The van der Waals surface area contributed by atoms with Gasteiger partial charge in [0, 0.05) is 5.69 Å². The van der Waals surface area contributed by atoms with Crippen LogP contribution in [-0.2, 0) is 9.53 Å². The monoisotopic (exact) mass is 440 g/mol. The third-order valence-electron chi connectivity index (χ3n) is 3.55. The predicted octanol–water partition coefficient (Wildman–Crippen LogP) is 4.35. The second-order valence-corrected chi connectivity index (χ2v) is 6.34. The Labute approximate surface area is 171 Å². The number of carbonyl (C=O) groups excluding carboxylic acids is 2. The molecule has 142 valence electrons. The lowest BCUT2D eigenvalue weighted by Gasteiger charge is -2.07. The molecule has 2 rings (SSSR count). The van der Waals surface area contributed by atoms with Gasteiger partial charge in [0.2, 0.25) is 0 Å². The topological polar surface area (TPSA) is 88.4 Å². The number of benzene rings is 2. The molecule has 0 saturated carbocycles. The average molecular weight is 441 g/mol. The molecule has 0 radical (unpaired) electrons. The van der Waals surface area contributed by atoms with Crippen molar-refractivity contribution in [1.82, 2.24) is 0 Å². The summed E-state index contributed by atoms with van der Waals surface area (Å²) < 4.78 is 10.8. The van der Waals surface area contributed by atoms with Gasteiger partial charge < -0.3 is 14.8 Å². The highest BCUT2D eigenvalue weighted by Gasteiger charge is 2.11. The number of methoxy groups -OCH3 is 1. The number of amides is 1. The fraction of sp³-hybridized carbons (Fsp3) is 0.0952. The summed E-state index contributed by atoms with van der Waals surface area (Å²) in [5.41, 5.74) is 1.41. The van der Waals surface area contributed by atoms with Gasteiger partial charge in [0.1, 0.15) is 24.0 Å². The number of nitriles is 1. The van der Waals surface area contributed by atoms with Crippen LogP contribution in [0.5, 0.6) is 5.75 Å². The molecule has 0 aliphatic rings. The number of anilines is 1. The van der Waals surface area contributed by atoms with E-state index in [9.17, 15) is 14.9 Å². The molecule has 1 amide bonds. The van der Waals surface area contributed by atoms with Crippen LogP contribution >= 0.6 is 15.9 Å². The third kappa shape index (κ3) is 5.56. The van der Waals surface area contributed by atoms with Gasteiger partial charge in [-0.25, -0.2) is 4.79 Å². The van der Waals surface area contributed by atoms with Crippen molar-refractivity contribution in [3.05, 3.63) is 76.3 Å². The van der Waals surface area contributed by atoms with Gasteiger partial charge in [0.25, 0.3) is 5.91 Å². The predicted molar refractivity (Wildman–Crippen MR) is 110 cm³/mol. The molecule has 0 saturated heterocycles. The second-order valence-electron chi connectivity index (χ2n) is 5.48. The molecule has 0 bridgehead atoms. The first kappa shape index (κ1) is 20.9. The lowest BCUT2D eigenvalue weighted by Crippen LogP contribution is -2.13. The molecule has 0 aromatic heterocycles. The summed E-state index contributed by atoms with van der Waals surface area (Å²) in [6, 6.07) is 13.3. The Hall–Kier alpha value is -3.37. The smallest absolute Gasteiger partial charge is 0.337 e. The first-order valence-corrected chi connectivity index (χ1v) is 8.92. The molecular formula is C21H17BrN2O4. The summed E-state index contributed by atoms with van der Waals surface area (Å²) in [6.07, 6.45) is 3.11. The number of nitrogens with zero attached hydrogens (tertiary/aromatic N) is 1. The van der Waals surface area contributed by atoms with E-state index in [2.05, 4.69) is 32.6 Å². The molecule has 7 heteroatoms. The Kier molecular flexibility index (Phi) is 7.55. The van der Waals surface area contributed by atoms with Crippen molar-refractivity contribution in [3.63, 3.8) is 0 Å². The molecule has 2 aromatic rings. The number of rotatable bonds is 7. The standard InChI is InChI=1S/C21H17BrN2O4/c1-3-10-28-19-9-4-14(12-18(19)22)11-16(13-23)20(25)24-17-7-5-15(6-8-17)21(26)27-2/h3-9,11-12H,1,10H2,2H3,(H,24,25)/b16-11+. The fourth-order valence-corrected chi connectivity index (χ4v) is 2.70. The first-order valence-electron chi connectivity index (χ1n) is 8.13. The van der Waals surface area contributed by atoms with Crippen molar-refractivity contribution < 1.29 is 19.1 Å². The molecule has 2 aromatic carbocycles. The van der Waals surface area contributed by atoms with Crippen LogP contribution in [0.3, 0.4) is 0 Å². The SMILES string of the molecule is C=CCOc1ccc(/C=C(\C#N)C(=O)Nc2ccc(C(=O)OC)cc2)cc1Br. The Morgan fingerprint density at radius 3 is 2.54 bits per heavy atom. The molecule has 0 atom stereocenters.